The normalized spacial score (nSPS) is 23.8. The molecule has 0 N–H and O–H groups in total. The summed E-state index contributed by atoms with van der Waals surface area (Å²) in [6.45, 7) is 12.7. The molecule has 1 saturated heterocycles. The van der Waals surface area contributed by atoms with Crippen LogP contribution in [0.1, 0.15) is 40.5 Å². The Balaban J connectivity index is 2.36. The highest BCUT2D eigenvalue weighted by molar-refractivity contribution is 4.84. The fourth-order valence-electron chi connectivity index (χ4n) is 2.06. The van der Waals surface area contributed by atoms with Crippen LogP contribution in [0.4, 0.5) is 0 Å². The monoisotopic (exact) mass is 199 g/mol. The van der Waals surface area contributed by atoms with Gasteiger partial charge in [-0.05, 0) is 25.2 Å². The highest BCUT2D eigenvalue weighted by Gasteiger charge is 2.30. The van der Waals surface area contributed by atoms with E-state index in [0.29, 0.717) is 5.41 Å². The molecule has 0 aliphatic carbocycles. The van der Waals surface area contributed by atoms with Crippen molar-refractivity contribution in [1.29, 1.82) is 0 Å². The molecule has 0 unspecified atom stereocenters. The Morgan fingerprint density at radius 1 is 1.21 bits per heavy atom. The van der Waals surface area contributed by atoms with Crippen LogP contribution in [0.3, 0.4) is 0 Å². The Morgan fingerprint density at radius 3 is 2.07 bits per heavy atom. The summed E-state index contributed by atoms with van der Waals surface area (Å²) in [4.78, 5) is 2.56. The minimum absolute atomic E-state index is 0.133. The second-order valence-electron chi connectivity index (χ2n) is 5.99. The predicted molar refractivity (Wildman–Crippen MR) is 60.5 cm³/mol. The van der Waals surface area contributed by atoms with E-state index in [1.54, 1.807) is 0 Å². The van der Waals surface area contributed by atoms with Gasteiger partial charge in [0, 0.05) is 26.7 Å². The summed E-state index contributed by atoms with van der Waals surface area (Å²) < 4.78 is 5.53. The van der Waals surface area contributed by atoms with Crippen molar-refractivity contribution < 1.29 is 4.74 Å². The van der Waals surface area contributed by atoms with Gasteiger partial charge in [-0.25, -0.2) is 0 Å². The minimum Gasteiger partial charge on any atom is -0.378 e. The molecule has 1 aliphatic heterocycles. The molecule has 1 heterocycles. The van der Waals surface area contributed by atoms with E-state index in [4.69, 9.17) is 4.74 Å². The van der Waals surface area contributed by atoms with Crippen LogP contribution < -0.4 is 0 Å². The molecule has 84 valence electrons. The van der Waals surface area contributed by atoms with Crippen LogP contribution in [-0.4, -0.2) is 37.2 Å². The third-order valence-electron chi connectivity index (χ3n) is 3.10. The van der Waals surface area contributed by atoms with Gasteiger partial charge in [-0.2, -0.15) is 0 Å². The Labute approximate surface area is 88.6 Å². The summed E-state index contributed by atoms with van der Waals surface area (Å²) in [6, 6.07) is 0. The molecule has 14 heavy (non-hydrogen) atoms. The average molecular weight is 199 g/mol. The molecule has 0 bridgehead atoms. The highest BCUT2D eigenvalue weighted by atomic mass is 16.5. The number of rotatable bonds is 2. The first-order chi connectivity index (χ1) is 6.35. The van der Waals surface area contributed by atoms with E-state index < -0.39 is 0 Å². The standard InChI is InChI=1S/C12H25NO/c1-11(2,3)10-13-8-6-12(4,14-5)7-9-13/h6-10H2,1-5H3. The van der Waals surface area contributed by atoms with Crippen molar-refractivity contribution in [2.45, 2.75) is 46.1 Å². The third-order valence-corrected chi connectivity index (χ3v) is 3.10. The lowest BCUT2D eigenvalue weighted by Crippen LogP contribution is -2.46. The first-order valence-corrected chi connectivity index (χ1v) is 5.62. The van der Waals surface area contributed by atoms with Crippen LogP contribution in [0.25, 0.3) is 0 Å². The molecule has 0 amide bonds. The largest absolute Gasteiger partial charge is 0.378 e. The van der Waals surface area contributed by atoms with E-state index in [9.17, 15) is 0 Å². The lowest BCUT2D eigenvalue weighted by atomic mass is 9.90. The number of piperidine rings is 1. The fraction of sp³-hybridized carbons (Fsp3) is 1.00. The van der Waals surface area contributed by atoms with Crippen molar-refractivity contribution in [2.75, 3.05) is 26.7 Å². The van der Waals surface area contributed by atoms with Crippen molar-refractivity contribution in [3.63, 3.8) is 0 Å². The van der Waals surface area contributed by atoms with Gasteiger partial charge in [0.1, 0.15) is 0 Å². The zero-order chi connectivity index (χ0) is 10.8. The first kappa shape index (κ1) is 12.0. The van der Waals surface area contributed by atoms with Crippen LogP contribution in [0.5, 0.6) is 0 Å². The summed E-state index contributed by atoms with van der Waals surface area (Å²) in [7, 11) is 1.83. The third kappa shape index (κ3) is 3.58. The van der Waals surface area contributed by atoms with Gasteiger partial charge < -0.3 is 9.64 Å². The minimum atomic E-state index is 0.133. The Kier molecular flexibility index (Phi) is 3.59. The van der Waals surface area contributed by atoms with Crippen LogP contribution in [-0.2, 0) is 4.74 Å². The maximum Gasteiger partial charge on any atom is 0.0675 e. The summed E-state index contributed by atoms with van der Waals surface area (Å²) in [6.07, 6.45) is 2.33. The number of hydrogen-bond donors (Lipinski definition) is 0. The first-order valence-electron chi connectivity index (χ1n) is 5.62. The van der Waals surface area contributed by atoms with Gasteiger partial charge in [0.25, 0.3) is 0 Å². The number of nitrogens with zero attached hydrogens (tertiary/aromatic N) is 1. The van der Waals surface area contributed by atoms with Crippen molar-refractivity contribution in [2.24, 2.45) is 5.41 Å². The molecule has 0 spiro atoms. The maximum absolute atomic E-state index is 5.53. The quantitative estimate of drug-likeness (QED) is 0.677. The van der Waals surface area contributed by atoms with E-state index in [1.807, 2.05) is 7.11 Å². The zero-order valence-corrected chi connectivity index (χ0v) is 10.4. The van der Waals surface area contributed by atoms with Gasteiger partial charge in [-0.1, -0.05) is 20.8 Å². The fourth-order valence-corrected chi connectivity index (χ4v) is 2.06. The van der Waals surface area contributed by atoms with Crippen LogP contribution in [0.15, 0.2) is 0 Å². The Hall–Kier alpha value is -0.0800. The lowest BCUT2D eigenvalue weighted by Gasteiger charge is -2.40. The van der Waals surface area contributed by atoms with E-state index in [0.717, 1.165) is 0 Å². The van der Waals surface area contributed by atoms with Crippen LogP contribution in [0, 0.1) is 5.41 Å². The maximum atomic E-state index is 5.53. The highest BCUT2D eigenvalue weighted by Crippen LogP contribution is 2.26. The van der Waals surface area contributed by atoms with Gasteiger partial charge in [-0.3, -0.25) is 0 Å². The van der Waals surface area contributed by atoms with Crippen LogP contribution in [0.2, 0.25) is 0 Å². The Bertz CT molecular complexity index is 175. The number of hydrogen-bond acceptors (Lipinski definition) is 2. The smallest absolute Gasteiger partial charge is 0.0675 e. The molecule has 1 rings (SSSR count). The number of methoxy groups -OCH3 is 1. The average Bonchev–Trinajstić information content (AvgIpc) is 2.07. The molecular formula is C12H25NO. The molecule has 0 radical (unpaired) electrons. The molecule has 1 fully saturated rings. The van der Waals surface area contributed by atoms with E-state index in [1.165, 1.54) is 32.5 Å². The zero-order valence-electron chi connectivity index (χ0n) is 10.4. The van der Waals surface area contributed by atoms with Gasteiger partial charge in [0.2, 0.25) is 0 Å². The molecule has 0 aromatic carbocycles. The van der Waals surface area contributed by atoms with Crippen molar-refractivity contribution in [3.8, 4) is 0 Å². The summed E-state index contributed by atoms with van der Waals surface area (Å²) >= 11 is 0. The van der Waals surface area contributed by atoms with Crippen molar-refractivity contribution in [3.05, 3.63) is 0 Å². The molecule has 2 heteroatoms. The van der Waals surface area contributed by atoms with Gasteiger partial charge >= 0.3 is 0 Å². The number of ether oxygens (including phenoxy) is 1. The second-order valence-corrected chi connectivity index (χ2v) is 5.99. The van der Waals surface area contributed by atoms with Crippen molar-refractivity contribution >= 4 is 0 Å². The molecule has 0 aromatic heterocycles. The second kappa shape index (κ2) is 4.19. The van der Waals surface area contributed by atoms with Gasteiger partial charge in [-0.15, -0.1) is 0 Å². The topological polar surface area (TPSA) is 12.5 Å². The van der Waals surface area contributed by atoms with E-state index >= 15 is 0 Å². The molecule has 2 nitrogen and oxygen atoms in total. The molecular weight excluding hydrogens is 174 g/mol. The van der Waals surface area contributed by atoms with E-state index in [2.05, 4.69) is 32.6 Å². The van der Waals surface area contributed by atoms with Gasteiger partial charge in [0.05, 0.1) is 5.60 Å². The molecule has 0 aromatic rings. The summed E-state index contributed by atoms with van der Waals surface area (Å²) in [5.74, 6) is 0. The number of likely N-dealkylation sites (tertiary alicyclic amines) is 1. The van der Waals surface area contributed by atoms with Gasteiger partial charge in [0.15, 0.2) is 0 Å². The lowest BCUT2D eigenvalue weighted by molar-refractivity contribution is -0.0470. The summed E-state index contributed by atoms with van der Waals surface area (Å²) in [5.41, 5.74) is 0.551. The summed E-state index contributed by atoms with van der Waals surface area (Å²) in [5, 5.41) is 0. The molecule has 0 saturated carbocycles. The van der Waals surface area contributed by atoms with Crippen molar-refractivity contribution in [1.82, 2.24) is 4.90 Å². The molecule has 0 atom stereocenters. The molecule has 1 aliphatic rings. The SMILES string of the molecule is COC1(C)CCN(CC(C)(C)C)CC1. The van der Waals surface area contributed by atoms with Crippen LogP contribution >= 0.6 is 0 Å². The Morgan fingerprint density at radius 2 is 1.71 bits per heavy atom. The predicted octanol–water partition coefficient (Wildman–Crippen LogP) is 2.53. The van der Waals surface area contributed by atoms with E-state index in [-0.39, 0.29) is 5.60 Å².